The maximum absolute atomic E-state index is 9.83. The molecule has 0 spiro atoms. The lowest BCUT2D eigenvalue weighted by atomic mass is 9.86. The molecule has 0 aliphatic heterocycles. The summed E-state index contributed by atoms with van der Waals surface area (Å²) >= 11 is 0. The third-order valence-electron chi connectivity index (χ3n) is 5.98. The van der Waals surface area contributed by atoms with Crippen LogP contribution in [-0.2, 0) is 10.8 Å². The summed E-state index contributed by atoms with van der Waals surface area (Å²) in [5, 5.41) is 9.83. The third kappa shape index (κ3) is 5.58. The first-order chi connectivity index (χ1) is 16.5. The number of pyridine rings is 2. The molecular formula is C31H31N3O. The van der Waals surface area contributed by atoms with Crippen LogP contribution in [-0.4, -0.2) is 9.97 Å². The van der Waals surface area contributed by atoms with Gasteiger partial charge in [-0.15, -0.1) is 0 Å². The van der Waals surface area contributed by atoms with E-state index in [1.54, 1.807) is 0 Å². The van der Waals surface area contributed by atoms with Gasteiger partial charge in [0, 0.05) is 12.3 Å². The first-order valence-electron chi connectivity index (χ1n) is 11.8. The molecule has 4 nitrogen and oxygen atoms in total. The summed E-state index contributed by atoms with van der Waals surface area (Å²) in [6.07, 6.45) is 1.83. The molecule has 0 radical (unpaired) electrons. The zero-order chi connectivity index (χ0) is 25.2. The Morgan fingerprint density at radius 2 is 1.40 bits per heavy atom. The lowest BCUT2D eigenvalue weighted by Crippen LogP contribution is -2.13. The van der Waals surface area contributed by atoms with Crippen LogP contribution in [0.15, 0.2) is 79.0 Å². The molecule has 2 aromatic heterocycles. The quantitative estimate of drug-likeness (QED) is 0.308. The van der Waals surface area contributed by atoms with Crippen LogP contribution in [0, 0.1) is 11.3 Å². The summed E-state index contributed by atoms with van der Waals surface area (Å²) < 4.78 is 6.23. The van der Waals surface area contributed by atoms with Gasteiger partial charge in [0.2, 0.25) is 5.88 Å². The highest BCUT2D eigenvalue weighted by Gasteiger charge is 2.20. The van der Waals surface area contributed by atoms with Crippen LogP contribution in [0.1, 0.15) is 58.2 Å². The monoisotopic (exact) mass is 461 g/mol. The predicted octanol–water partition coefficient (Wildman–Crippen LogP) is 8.07. The van der Waals surface area contributed by atoms with Crippen LogP contribution < -0.4 is 4.74 Å². The minimum Gasteiger partial charge on any atom is -0.438 e. The second-order valence-electron chi connectivity index (χ2n) is 10.8. The summed E-state index contributed by atoms with van der Waals surface area (Å²) in [5.41, 5.74) is 6.18. The molecule has 0 aliphatic carbocycles. The minimum absolute atomic E-state index is 0.000847. The highest BCUT2D eigenvalue weighted by Crippen LogP contribution is 2.34. The van der Waals surface area contributed by atoms with Crippen molar-refractivity contribution in [3.8, 4) is 40.2 Å². The Morgan fingerprint density at radius 1 is 0.714 bits per heavy atom. The number of nitrogens with zero attached hydrogens (tertiary/aromatic N) is 3. The zero-order valence-corrected chi connectivity index (χ0v) is 21.3. The van der Waals surface area contributed by atoms with Crippen molar-refractivity contribution in [1.82, 2.24) is 9.97 Å². The molecular weight excluding hydrogens is 430 g/mol. The van der Waals surface area contributed by atoms with Crippen LogP contribution >= 0.6 is 0 Å². The van der Waals surface area contributed by atoms with Gasteiger partial charge < -0.3 is 4.74 Å². The van der Waals surface area contributed by atoms with Crippen LogP contribution in [0.3, 0.4) is 0 Å². The van der Waals surface area contributed by atoms with Crippen LogP contribution in [0.25, 0.3) is 22.5 Å². The second kappa shape index (κ2) is 9.35. The predicted molar refractivity (Wildman–Crippen MR) is 142 cm³/mol. The largest absolute Gasteiger partial charge is 0.438 e. The van der Waals surface area contributed by atoms with E-state index in [4.69, 9.17) is 9.72 Å². The van der Waals surface area contributed by atoms with Crippen molar-refractivity contribution >= 4 is 0 Å². The minimum atomic E-state index is -0.118. The number of aromatic nitrogens is 2. The Morgan fingerprint density at radius 3 is 2.06 bits per heavy atom. The molecule has 35 heavy (non-hydrogen) atoms. The van der Waals surface area contributed by atoms with E-state index in [0.29, 0.717) is 17.2 Å². The van der Waals surface area contributed by atoms with Gasteiger partial charge in [-0.05, 0) is 63.4 Å². The van der Waals surface area contributed by atoms with Gasteiger partial charge in [-0.3, -0.25) is 4.98 Å². The van der Waals surface area contributed by atoms with E-state index < -0.39 is 0 Å². The molecule has 4 heteroatoms. The topological polar surface area (TPSA) is 58.8 Å². The van der Waals surface area contributed by atoms with Gasteiger partial charge in [0.25, 0.3) is 0 Å². The van der Waals surface area contributed by atoms with Crippen molar-refractivity contribution in [3.63, 3.8) is 0 Å². The van der Waals surface area contributed by atoms with Crippen molar-refractivity contribution in [2.75, 3.05) is 0 Å². The second-order valence-corrected chi connectivity index (χ2v) is 10.8. The van der Waals surface area contributed by atoms with E-state index in [1.165, 1.54) is 5.56 Å². The first-order valence-corrected chi connectivity index (χ1v) is 11.8. The molecule has 0 aliphatic rings. The molecule has 0 amide bonds. The van der Waals surface area contributed by atoms with Gasteiger partial charge in [-0.1, -0.05) is 77.9 Å². The third-order valence-corrected chi connectivity index (χ3v) is 5.98. The summed E-state index contributed by atoms with van der Waals surface area (Å²) in [5.74, 6) is 0.924. The molecule has 0 saturated heterocycles. The maximum Gasteiger partial charge on any atom is 0.220 e. The Labute approximate surface area is 208 Å². The molecule has 0 N–H and O–H groups in total. The van der Waals surface area contributed by atoms with Gasteiger partial charge in [0.15, 0.2) is 0 Å². The molecule has 2 heterocycles. The van der Waals surface area contributed by atoms with Crippen molar-refractivity contribution < 1.29 is 4.74 Å². The molecule has 0 fully saturated rings. The van der Waals surface area contributed by atoms with Crippen molar-refractivity contribution in [3.05, 3.63) is 95.7 Å². The fourth-order valence-corrected chi connectivity index (χ4v) is 3.79. The molecule has 0 atom stereocenters. The van der Waals surface area contributed by atoms with E-state index in [1.807, 2.05) is 66.9 Å². The number of nitriles is 1. The van der Waals surface area contributed by atoms with Crippen molar-refractivity contribution in [2.24, 2.45) is 0 Å². The SMILES string of the molecule is CC(C)(C)c1ccnc(-c2cc(C(C)(C)C)cc(Oc3ccc(-c4ccccc4)cc3C#N)n2)c1. The van der Waals surface area contributed by atoms with Crippen LogP contribution in [0.4, 0.5) is 0 Å². The van der Waals surface area contributed by atoms with Crippen LogP contribution in [0.5, 0.6) is 11.6 Å². The summed E-state index contributed by atoms with van der Waals surface area (Å²) in [4.78, 5) is 9.40. The Balaban J connectivity index is 1.76. The average Bonchev–Trinajstić information content (AvgIpc) is 2.83. The molecule has 2 aromatic carbocycles. The summed E-state index contributed by atoms with van der Waals surface area (Å²) in [6.45, 7) is 13.0. The number of ether oxygens (including phenoxy) is 1. The Kier molecular flexibility index (Phi) is 6.45. The van der Waals surface area contributed by atoms with Crippen molar-refractivity contribution in [1.29, 1.82) is 5.26 Å². The lowest BCUT2D eigenvalue weighted by Gasteiger charge is -2.22. The van der Waals surface area contributed by atoms with Gasteiger partial charge in [0.1, 0.15) is 11.8 Å². The molecule has 4 aromatic rings. The maximum atomic E-state index is 9.83. The fraction of sp³-hybridized carbons (Fsp3) is 0.258. The number of rotatable bonds is 4. The zero-order valence-electron chi connectivity index (χ0n) is 21.3. The molecule has 176 valence electrons. The van der Waals surface area contributed by atoms with Gasteiger partial charge in [-0.2, -0.15) is 5.26 Å². The van der Waals surface area contributed by atoms with Gasteiger partial charge in [0.05, 0.1) is 17.0 Å². The highest BCUT2D eigenvalue weighted by atomic mass is 16.5. The van der Waals surface area contributed by atoms with E-state index in [2.05, 4.69) is 64.7 Å². The van der Waals surface area contributed by atoms with Crippen molar-refractivity contribution in [2.45, 2.75) is 52.4 Å². The first kappa shape index (κ1) is 24.2. The van der Waals surface area contributed by atoms with Crippen LogP contribution in [0.2, 0.25) is 0 Å². The van der Waals surface area contributed by atoms with E-state index in [9.17, 15) is 5.26 Å². The fourth-order valence-electron chi connectivity index (χ4n) is 3.79. The Hall–Kier alpha value is -3.97. The number of hydrogen-bond donors (Lipinski definition) is 0. The van der Waals surface area contributed by atoms with Gasteiger partial charge in [-0.25, -0.2) is 4.98 Å². The van der Waals surface area contributed by atoms with E-state index in [0.717, 1.165) is 28.1 Å². The highest BCUT2D eigenvalue weighted by molar-refractivity contribution is 5.67. The van der Waals surface area contributed by atoms with E-state index >= 15 is 0 Å². The van der Waals surface area contributed by atoms with Gasteiger partial charge >= 0.3 is 0 Å². The standard InChI is InChI=1S/C31H31N3O/c1-30(2,3)24-14-15-33-26(17-24)27-18-25(31(4,5)6)19-29(34-27)35-28-13-12-22(16-23(28)20-32)21-10-8-7-9-11-21/h7-19H,1-6H3. The molecule has 0 unspecified atom stereocenters. The normalized spacial score (nSPS) is 11.7. The lowest BCUT2D eigenvalue weighted by molar-refractivity contribution is 0.458. The Bertz CT molecular complexity index is 1390. The summed E-state index contributed by atoms with van der Waals surface area (Å²) in [6, 6.07) is 26.1. The number of benzene rings is 2. The molecule has 4 rings (SSSR count). The molecule has 0 saturated carbocycles. The number of hydrogen-bond acceptors (Lipinski definition) is 4. The average molecular weight is 462 g/mol. The summed E-state index contributed by atoms with van der Waals surface area (Å²) in [7, 11) is 0. The molecule has 0 bridgehead atoms. The smallest absolute Gasteiger partial charge is 0.220 e. The van der Waals surface area contributed by atoms with E-state index in [-0.39, 0.29) is 10.8 Å².